The minimum atomic E-state index is -0.653. The zero-order valence-electron chi connectivity index (χ0n) is 12.3. The molecule has 1 atom stereocenters. The summed E-state index contributed by atoms with van der Waals surface area (Å²) in [6.07, 6.45) is 3.71. The smallest absolute Gasteiger partial charge is 0.0907 e. The summed E-state index contributed by atoms with van der Waals surface area (Å²) >= 11 is 1.67. The third-order valence-corrected chi connectivity index (χ3v) is 5.12. The Kier molecular flexibility index (Phi) is 4.15. The van der Waals surface area contributed by atoms with Gasteiger partial charge < -0.3 is 15.5 Å². The molecule has 0 bridgehead atoms. The maximum atomic E-state index is 10.3. The molecule has 1 heterocycles. The van der Waals surface area contributed by atoms with Crippen molar-refractivity contribution in [3.8, 4) is 0 Å². The van der Waals surface area contributed by atoms with Crippen LogP contribution in [0.3, 0.4) is 0 Å². The molecule has 0 aliphatic heterocycles. The Morgan fingerprint density at radius 2 is 2.14 bits per heavy atom. The van der Waals surface area contributed by atoms with E-state index in [-0.39, 0.29) is 0 Å². The summed E-state index contributed by atoms with van der Waals surface area (Å²) in [7, 11) is 0. The van der Waals surface area contributed by atoms with Gasteiger partial charge in [0.15, 0.2) is 0 Å². The number of aliphatic hydroxyl groups excluding tert-OH is 1. The molecule has 0 radical (unpaired) electrons. The Bertz CT molecular complexity index is 620. The fourth-order valence-corrected chi connectivity index (χ4v) is 4.00. The number of nitrogens with one attached hydrogen (secondary N) is 1. The van der Waals surface area contributed by atoms with Gasteiger partial charge in [0.1, 0.15) is 0 Å². The van der Waals surface area contributed by atoms with Crippen molar-refractivity contribution in [1.82, 2.24) is 4.98 Å². The number of hydrogen-bond acceptors (Lipinski definition) is 5. The Labute approximate surface area is 128 Å². The van der Waals surface area contributed by atoms with Crippen LogP contribution in [0, 0.1) is 6.92 Å². The zero-order valence-corrected chi connectivity index (χ0v) is 13.1. The lowest BCUT2D eigenvalue weighted by Gasteiger charge is -2.25. The molecule has 1 aliphatic rings. The number of aliphatic hydroxyl groups is 2. The molecule has 1 unspecified atom stereocenters. The van der Waals surface area contributed by atoms with E-state index < -0.39 is 11.7 Å². The van der Waals surface area contributed by atoms with Crippen molar-refractivity contribution in [2.45, 2.75) is 50.7 Å². The quantitative estimate of drug-likeness (QED) is 0.794. The summed E-state index contributed by atoms with van der Waals surface area (Å²) in [6.45, 7) is 2.47. The van der Waals surface area contributed by atoms with E-state index in [0.29, 0.717) is 13.0 Å². The third-order valence-electron chi connectivity index (χ3n) is 4.19. The first-order chi connectivity index (χ1) is 10.0. The van der Waals surface area contributed by atoms with Crippen molar-refractivity contribution in [2.24, 2.45) is 0 Å². The first kappa shape index (κ1) is 14.8. The van der Waals surface area contributed by atoms with Gasteiger partial charge >= 0.3 is 0 Å². The summed E-state index contributed by atoms with van der Waals surface area (Å²) in [4.78, 5) is 4.44. The largest absolute Gasteiger partial charge is 0.391 e. The molecule has 3 rings (SSSR count). The molecule has 0 saturated heterocycles. The molecule has 2 aromatic rings. The fourth-order valence-electron chi connectivity index (χ4n) is 3.13. The predicted molar refractivity (Wildman–Crippen MR) is 86.9 cm³/mol. The number of fused-ring (bicyclic) bond motifs is 1. The van der Waals surface area contributed by atoms with E-state index in [4.69, 9.17) is 0 Å². The van der Waals surface area contributed by atoms with Gasteiger partial charge in [0.05, 0.1) is 26.9 Å². The maximum absolute atomic E-state index is 10.3. The summed E-state index contributed by atoms with van der Waals surface area (Å²) in [6, 6.07) is 6.05. The molecular formula is C16H22N2O2S. The highest BCUT2D eigenvalue weighted by atomic mass is 32.1. The highest BCUT2D eigenvalue weighted by molar-refractivity contribution is 7.18. The van der Waals surface area contributed by atoms with Gasteiger partial charge in [-0.25, -0.2) is 4.98 Å². The SMILES string of the molecule is Cc1nc2ccc(NCC(O)CC3(O)CCCC3)cc2s1. The van der Waals surface area contributed by atoms with Crippen molar-refractivity contribution in [1.29, 1.82) is 0 Å². The lowest BCUT2D eigenvalue weighted by Crippen LogP contribution is -2.33. The number of thiazole rings is 1. The van der Waals surface area contributed by atoms with Crippen LogP contribution in [0.15, 0.2) is 18.2 Å². The van der Waals surface area contributed by atoms with Crippen LogP contribution in [0.2, 0.25) is 0 Å². The summed E-state index contributed by atoms with van der Waals surface area (Å²) in [5.74, 6) is 0. The minimum Gasteiger partial charge on any atom is -0.391 e. The second-order valence-corrected chi connectivity index (χ2v) is 7.32. The first-order valence-electron chi connectivity index (χ1n) is 7.56. The van der Waals surface area contributed by atoms with Crippen LogP contribution in [0.1, 0.15) is 37.1 Å². The molecule has 1 aromatic carbocycles. The van der Waals surface area contributed by atoms with Crippen LogP contribution in [-0.2, 0) is 0 Å². The van der Waals surface area contributed by atoms with Crippen molar-refractivity contribution in [3.63, 3.8) is 0 Å². The lowest BCUT2D eigenvalue weighted by molar-refractivity contribution is -0.00154. The molecule has 1 aromatic heterocycles. The second-order valence-electron chi connectivity index (χ2n) is 6.09. The zero-order chi connectivity index (χ0) is 14.9. The van der Waals surface area contributed by atoms with Gasteiger partial charge in [-0.15, -0.1) is 11.3 Å². The van der Waals surface area contributed by atoms with E-state index in [9.17, 15) is 10.2 Å². The van der Waals surface area contributed by atoms with E-state index >= 15 is 0 Å². The second kappa shape index (κ2) is 5.91. The van der Waals surface area contributed by atoms with Gasteiger partial charge in [0, 0.05) is 18.7 Å². The summed E-state index contributed by atoms with van der Waals surface area (Å²) in [5.41, 5.74) is 1.35. The molecule has 0 amide bonds. The number of hydrogen-bond donors (Lipinski definition) is 3. The topological polar surface area (TPSA) is 65.4 Å². The van der Waals surface area contributed by atoms with Gasteiger partial charge in [0.25, 0.3) is 0 Å². The van der Waals surface area contributed by atoms with E-state index in [1.165, 1.54) is 0 Å². The normalized spacial score (nSPS) is 19.0. The number of aromatic nitrogens is 1. The fraction of sp³-hybridized carbons (Fsp3) is 0.562. The van der Waals surface area contributed by atoms with Crippen LogP contribution in [0.4, 0.5) is 5.69 Å². The summed E-state index contributed by atoms with van der Waals surface area (Å²) < 4.78 is 1.15. The molecule has 1 fully saturated rings. The molecular weight excluding hydrogens is 284 g/mol. The van der Waals surface area contributed by atoms with Gasteiger partial charge in [0.2, 0.25) is 0 Å². The number of benzene rings is 1. The van der Waals surface area contributed by atoms with Gasteiger partial charge in [-0.2, -0.15) is 0 Å². The lowest BCUT2D eigenvalue weighted by atomic mass is 9.94. The highest BCUT2D eigenvalue weighted by Crippen LogP contribution is 2.33. The van der Waals surface area contributed by atoms with E-state index in [1.54, 1.807) is 11.3 Å². The minimum absolute atomic E-state index is 0.460. The van der Waals surface area contributed by atoms with E-state index in [0.717, 1.165) is 46.6 Å². The molecule has 1 aliphatic carbocycles. The first-order valence-corrected chi connectivity index (χ1v) is 8.37. The van der Waals surface area contributed by atoms with Crippen LogP contribution in [-0.4, -0.2) is 33.4 Å². The number of nitrogens with zero attached hydrogens (tertiary/aromatic N) is 1. The van der Waals surface area contributed by atoms with Crippen molar-refractivity contribution >= 4 is 27.2 Å². The van der Waals surface area contributed by atoms with Crippen LogP contribution >= 0.6 is 11.3 Å². The Morgan fingerprint density at radius 3 is 2.90 bits per heavy atom. The molecule has 114 valence electrons. The van der Waals surface area contributed by atoms with Crippen molar-refractivity contribution in [3.05, 3.63) is 23.2 Å². The molecule has 3 N–H and O–H groups in total. The predicted octanol–water partition coefficient (Wildman–Crippen LogP) is 3.07. The number of aryl methyl sites for hydroxylation is 1. The average Bonchev–Trinajstić information content (AvgIpc) is 3.00. The van der Waals surface area contributed by atoms with E-state index in [2.05, 4.69) is 16.4 Å². The third kappa shape index (κ3) is 3.54. The van der Waals surface area contributed by atoms with E-state index in [1.807, 2.05) is 19.1 Å². The van der Waals surface area contributed by atoms with Crippen LogP contribution in [0.5, 0.6) is 0 Å². The Morgan fingerprint density at radius 1 is 1.38 bits per heavy atom. The average molecular weight is 306 g/mol. The Hall–Kier alpha value is -1.17. The highest BCUT2D eigenvalue weighted by Gasteiger charge is 2.33. The molecule has 1 saturated carbocycles. The maximum Gasteiger partial charge on any atom is 0.0907 e. The number of anilines is 1. The van der Waals surface area contributed by atoms with Gasteiger partial charge in [-0.1, -0.05) is 12.8 Å². The standard InChI is InChI=1S/C16H22N2O2S/c1-11-18-14-5-4-12(8-15(14)21-11)17-10-13(19)9-16(20)6-2-3-7-16/h4-5,8,13,17,19-20H,2-3,6-7,9-10H2,1H3. The molecule has 5 heteroatoms. The monoisotopic (exact) mass is 306 g/mol. The number of rotatable bonds is 5. The molecule has 0 spiro atoms. The summed E-state index contributed by atoms with van der Waals surface area (Å²) in [5, 5.41) is 24.7. The van der Waals surface area contributed by atoms with Crippen molar-refractivity contribution < 1.29 is 10.2 Å². The van der Waals surface area contributed by atoms with Gasteiger partial charge in [-0.3, -0.25) is 0 Å². The molecule has 21 heavy (non-hydrogen) atoms. The Balaban J connectivity index is 1.57. The van der Waals surface area contributed by atoms with Gasteiger partial charge in [-0.05, 0) is 38.0 Å². The van der Waals surface area contributed by atoms with Crippen LogP contribution < -0.4 is 5.32 Å². The van der Waals surface area contributed by atoms with Crippen LogP contribution in [0.25, 0.3) is 10.2 Å². The van der Waals surface area contributed by atoms with Crippen molar-refractivity contribution in [2.75, 3.05) is 11.9 Å². The molecule has 4 nitrogen and oxygen atoms in total.